The van der Waals surface area contributed by atoms with Gasteiger partial charge >= 0.3 is 0 Å². The van der Waals surface area contributed by atoms with E-state index >= 15 is 0 Å². The molecule has 176 valence electrons. The van der Waals surface area contributed by atoms with Crippen molar-refractivity contribution in [2.45, 2.75) is 38.0 Å². The van der Waals surface area contributed by atoms with Crippen molar-refractivity contribution in [2.24, 2.45) is 0 Å². The van der Waals surface area contributed by atoms with Crippen molar-refractivity contribution in [1.82, 2.24) is 20.0 Å². The number of benzene rings is 2. The van der Waals surface area contributed by atoms with Crippen molar-refractivity contribution in [3.8, 4) is 11.4 Å². The van der Waals surface area contributed by atoms with Crippen LogP contribution in [-0.2, 0) is 16.8 Å². The zero-order chi connectivity index (χ0) is 24.1. The molecule has 0 radical (unpaired) electrons. The molecule has 10 heteroatoms. The molecule has 0 aliphatic carbocycles. The largest absolute Gasteiger partial charge is 0.482 e. The lowest BCUT2D eigenvalue weighted by atomic mass is 9.92. The number of hydrogen-bond acceptors (Lipinski definition) is 7. The van der Waals surface area contributed by atoms with Crippen LogP contribution < -0.4 is 10.1 Å². The monoisotopic (exact) mass is 497 g/mol. The highest BCUT2D eigenvalue weighted by atomic mass is 35.5. The van der Waals surface area contributed by atoms with Crippen LogP contribution in [0.15, 0.2) is 70.3 Å². The Balaban J connectivity index is 1.37. The van der Waals surface area contributed by atoms with Crippen LogP contribution >= 0.6 is 23.4 Å². The van der Waals surface area contributed by atoms with Gasteiger partial charge in [0.15, 0.2) is 6.61 Å². The standard InChI is InChI=1S/C24H24ClN5O3S/c1-24(2,3)19-13-20(30(29-19)16-9-5-4-6-10-16)26-21(31)15-34-23-28-27-22(33-23)14-32-18-12-8-7-11-17(18)25/h4-13H,14-15H2,1-3H3,(H,26,31). The predicted molar refractivity (Wildman–Crippen MR) is 132 cm³/mol. The zero-order valence-electron chi connectivity index (χ0n) is 19.0. The third-order valence-corrected chi connectivity index (χ3v) is 5.84. The van der Waals surface area contributed by atoms with Gasteiger partial charge in [-0.15, -0.1) is 10.2 Å². The summed E-state index contributed by atoms with van der Waals surface area (Å²) in [6.07, 6.45) is 0. The van der Waals surface area contributed by atoms with Gasteiger partial charge in [-0.05, 0) is 24.3 Å². The maximum Gasteiger partial charge on any atom is 0.277 e. The highest BCUT2D eigenvalue weighted by Crippen LogP contribution is 2.27. The van der Waals surface area contributed by atoms with Gasteiger partial charge in [-0.25, -0.2) is 4.68 Å². The number of carbonyl (C=O) groups is 1. The number of nitrogens with zero attached hydrogens (tertiary/aromatic N) is 4. The van der Waals surface area contributed by atoms with Crippen LogP contribution in [-0.4, -0.2) is 31.6 Å². The molecule has 4 aromatic rings. The van der Waals surface area contributed by atoms with Crippen LogP contribution in [0.4, 0.5) is 5.82 Å². The molecule has 0 aliphatic rings. The number of ether oxygens (including phenoxy) is 1. The lowest BCUT2D eigenvalue weighted by Crippen LogP contribution is -2.17. The van der Waals surface area contributed by atoms with E-state index in [1.54, 1.807) is 16.8 Å². The lowest BCUT2D eigenvalue weighted by Gasteiger charge is -2.14. The topological polar surface area (TPSA) is 95.1 Å². The minimum Gasteiger partial charge on any atom is -0.482 e. The molecule has 0 saturated heterocycles. The van der Waals surface area contributed by atoms with E-state index < -0.39 is 0 Å². The van der Waals surface area contributed by atoms with Crippen LogP contribution in [0.2, 0.25) is 5.02 Å². The SMILES string of the molecule is CC(C)(C)c1cc(NC(=O)CSc2nnc(COc3ccccc3Cl)o2)n(-c2ccccc2)n1. The summed E-state index contributed by atoms with van der Waals surface area (Å²) < 4.78 is 12.9. The second-order valence-corrected chi connectivity index (χ2v) is 9.76. The normalized spacial score (nSPS) is 11.4. The Labute approximate surface area is 206 Å². The first-order valence-electron chi connectivity index (χ1n) is 10.6. The number of thioether (sulfide) groups is 1. The number of halogens is 1. The van der Waals surface area contributed by atoms with Gasteiger partial charge < -0.3 is 14.5 Å². The Morgan fingerprint density at radius 1 is 1.12 bits per heavy atom. The van der Waals surface area contributed by atoms with Gasteiger partial charge in [0.05, 0.1) is 22.2 Å². The van der Waals surface area contributed by atoms with Gasteiger partial charge in [-0.1, -0.05) is 74.5 Å². The number of aromatic nitrogens is 4. The molecule has 34 heavy (non-hydrogen) atoms. The quantitative estimate of drug-likeness (QED) is 0.320. The fourth-order valence-electron chi connectivity index (χ4n) is 2.97. The molecule has 0 bridgehead atoms. The molecule has 1 N–H and O–H groups in total. The third-order valence-electron chi connectivity index (χ3n) is 4.71. The summed E-state index contributed by atoms with van der Waals surface area (Å²) in [5, 5.41) is 16.4. The summed E-state index contributed by atoms with van der Waals surface area (Å²) in [4.78, 5) is 12.7. The molecule has 2 heterocycles. The van der Waals surface area contributed by atoms with Gasteiger partial charge in [0.2, 0.25) is 5.91 Å². The number of anilines is 1. The average molecular weight is 498 g/mol. The minimum absolute atomic E-state index is 0.0787. The summed E-state index contributed by atoms with van der Waals surface area (Å²) >= 11 is 7.22. The molecule has 0 spiro atoms. The Morgan fingerprint density at radius 3 is 2.59 bits per heavy atom. The molecule has 0 saturated carbocycles. The predicted octanol–water partition coefficient (Wildman–Crippen LogP) is 5.52. The number of hydrogen-bond donors (Lipinski definition) is 1. The molecular weight excluding hydrogens is 474 g/mol. The van der Waals surface area contributed by atoms with Gasteiger partial charge in [0, 0.05) is 11.5 Å². The number of para-hydroxylation sites is 2. The van der Waals surface area contributed by atoms with Crippen molar-refractivity contribution in [3.05, 3.63) is 77.3 Å². The Morgan fingerprint density at radius 2 is 1.85 bits per heavy atom. The lowest BCUT2D eigenvalue weighted by molar-refractivity contribution is -0.113. The first-order valence-corrected chi connectivity index (χ1v) is 11.9. The molecule has 0 unspecified atom stereocenters. The van der Waals surface area contributed by atoms with Gasteiger partial charge in [-0.3, -0.25) is 4.79 Å². The van der Waals surface area contributed by atoms with Crippen molar-refractivity contribution < 1.29 is 13.9 Å². The smallest absolute Gasteiger partial charge is 0.277 e. The molecule has 2 aromatic carbocycles. The number of carbonyl (C=O) groups excluding carboxylic acids is 1. The fourth-order valence-corrected chi connectivity index (χ4v) is 3.74. The molecule has 8 nitrogen and oxygen atoms in total. The van der Waals surface area contributed by atoms with Crippen molar-refractivity contribution in [3.63, 3.8) is 0 Å². The van der Waals surface area contributed by atoms with Gasteiger partial charge in [0.25, 0.3) is 11.1 Å². The highest BCUT2D eigenvalue weighted by Gasteiger charge is 2.22. The Kier molecular flexibility index (Phi) is 7.23. The van der Waals surface area contributed by atoms with Crippen molar-refractivity contribution >= 4 is 35.1 Å². The Hall–Kier alpha value is -3.30. The molecule has 0 aliphatic heterocycles. The fraction of sp³-hybridized carbons (Fsp3) is 0.250. The summed E-state index contributed by atoms with van der Waals surface area (Å²) in [5.74, 6) is 1.30. The summed E-state index contributed by atoms with van der Waals surface area (Å²) in [5.41, 5.74) is 1.57. The van der Waals surface area contributed by atoms with Crippen molar-refractivity contribution in [1.29, 1.82) is 0 Å². The first kappa shape index (κ1) is 23.8. The van der Waals surface area contributed by atoms with Crippen LogP contribution in [0.3, 0.4) is 0 Å². The van der Waals surface area contributed by atoms with E-state index in [0.717, 1.165) is 23.1 Å². The zero-order valence-corrected chi connectivity index (χ0v) is 20.6. The molecule has 0 fully saturated rings. The third kappa shape index (κ3) is 5.98. The Bertz CT molecular complexity index is 1270. The second kappa shape index (κ2) is 10.3. The second-order valence-electron chi connectivity index (χ2n) is 8.43. The van der Waals surface area contributed by atoms with Crippen LogP contribution in [0, 0.1) is 0 Å². The van der Waals surface area contributed by atoms with E-state index in [1.165, 1.54) is 0 Å². The number of nitrogens with one attached hydrogen (secondary N) is 1. The maximum absolute atomic E-state index is 12.7. The molecule has 1 amide bonds. The molecular formula is C24H24ClN5O3S. The van der Waals surface area contributed by atoms with E-state index in [4.69, 9.17) is 25.9 Å². The summed E-state index contributed by atoms with van der Waals surface area (Å²) in [6.45, 7) is 6.31. The van der Waals surface area contributed by atoms with E-state index in [-0.39, 0.29) is 28.9 Å². The average Bonchev–Trinajstić information content (AvgIpc) is 3.45. The molecule has 0 atom stereocenters. The van der Waals surface area contributed by atoms with Crippen molar-refractivity contribution in [2.75, 3.05) is 11.1 Å². The molecule has 4 rings (SSSR count). The minimum atomic E-state index is -0.213. The summed E-state index contributed by atoms with van der Waals surface area (Å²) in [7, 11) is 0. The van der Waals surface area contributed by atoms with E-state index in [1.807, 2.05) is 48.5 Å². The molecule has 2 aromatic heterocycles. The number of rotatable bonds is 8. The van der Waals surface area contributed by atoms with Gasteiger partial charge in [0.1, 0.15) is 11.6 Å². The summed E-state index contributed by atoms with van der Waals surface area (Å²) in [6, 6.07) is 18.7. The van der Waals surface area contributed by atoms with Crippen LogP contribution in [0.25, 0.3) is 5.69 Å². The van der Waals surface area contributed by atoms with E-state index in [0.29, 0.717) is 22.5 Å². The van der Waals surface area contributed by atoms with E-state index in [2.05, 4.69) is 36.3 Å². The van der Waals surface area contributed by atoms with Crippen LogP contribution in [0.1, 0.15) is 32.4 Å². The first-order chi connectivity index (χ1) is 16.3. The number of amides is 1. The maximum atomic E-state index is 12.7. The van der Waals surface area contributed by atoms with Gasteiger partial charge in [-0.2, -0.15) is 5.10 Å². The van der Waals surface area contributed by atoms with Crippen LogP contribution in [0.5, 0.6) is 5.75 Å². The van der Waals surface area contributed by atoms with E-state index in [9.17, 15) is 4.79 Å². The highest BCUT2D eigenvalue weighted by molar-refractivity contribution is 7.99.